The van der Waals surface area contributed by atoms with Gasteiger partial charge in [0.15, 0.2) is 0 Å². The highest BCUT2D eigenvalue weighted by molar-refractivity contribution is 6.48. The topological polar surface area (TPSA) is 30.5 Å². The van der Waals surface area contributed by atoms with Crippen molar-refractivity contribution in [3.63, 3.8) is 0 Å². The van der Waals surface area contributed by atoms with Crippen molar-refractivity contribution in [2.75, 3.05) is 13.1 Å². The molecular weight excluding hydrogens is 201 g/mol. The van der Waals surface area contributed by atoms with Gasteiger partial charge in [-0.3, -0.25) is 0 Å². The van der Waals surface area contributed by atoms with Crippen LogP contribution >= 0.6 is 0 Å². The average Bonchev–Trinajstić information content (AvgIpc) is 2.50. The van der Waals surface area contributed by atoms with Crippen LogP contribution < -0.4 is 5.32 Å². The monoisotopic (exact) mass is 225 g/mol. The Morgan fingerprint density at radius 1 is 1.00 bits per heavy atom. The fourth-order valence-electron chi connectivity index (χ4n) is 2.47. The lowest BCUT2D eigenvalue weighted by molar-refractivity contribution is 0.00578. The second kappa shape index (κ2) is 3.47. The first-order valence-electron chi connectivity index (χ1n) is 6.22. The molecular formula is C12H24BNO2. The van der Waals surface area contributed by atoms with Crippen molar-refractivity contribution in [2.24, 2.45) is 5.41 Å². The number of hydrogen-bond acceptors (Lipinski definition) is 3. The van der Waals surface area contributed by atoms with Crippen LogP contribution in [0.4, 0.5) is 0 Å². The summed E-state index contributed by atoms with van der Waals surface area (Å²) >= 11 is 0. The third kappa shape index (κ3) is 1.81. The molecule has 0 amide bonds. The average molecular weight is 225 g/mol. The Hall–Kier alpha value is -0.0551. The van der Waals surface area contributed by atoms with Crippen LogP contribution in [0, 0.1) is 5.41 Å². The molecule has 0 aromatic rings. The smallest absolute Gasteiger partial charge is 0.403 e. The lowest BCUT2D eigenvalue weighted by Crippen LogP contribution is -2.41. The van der Waals surface area contributed by atoms with Gasteiger partial charge in [0.05, 0.1) is 11.2 Å². The van der Waals surface area contributed by atoms with Crippen LogP contribution in [0.25, 0.3) is 0 Å². The molecule has 1 N–H and O–H groups in total. The Bertz CT molecular complexity index is 273. The van der Waals surface area contributed by atoms with Crippen molar-refractivity contribution in [2.45, 2.75) is 58.6 Å². The molecule has 2 rings (SSSR count). The zero-order valence-electron chi connectivity index (χ0n) is 11.4. The molecule has 1 unspecified atom stereocenters. The molecule has 1 atom stereocenters. The highest BCUT2D eigenvalue weighted by atomic mass is 16.7. The van der Waals surface area contributed by atoms with Crippen LogP contribution in [0.3, 0.4) is 0 Å². The first-order valence-corrected chi connectivity index (χ1v) is 6.22. The molecule has 2 aliphatic heterocycles. The molecule has 3 nitrogen and oxygen atoms in total. The number of nitrogens with one attached hydrogen (secondary N) is 1. The fraction of sp³-hybridized carbons (Fsp3) is 1.00. The molecule has 0 saturated carbocycles. The Morgan fingerprint density at radius 2 is 1.50 bits per heavy atom. The van der Waals surface area contributed by atoms with Gasteiger partial charge in [-0.2, -0.15) is 0 Å². The molecule has 2 fully saturated rings. The first kappa shape index (κ1) is 12.4. The summed E-state index contributed by atoms with van der Waals surface area (Å²) < 4.78 is 12.2. The van der Waals surface area contributed by atoms with E-state index < -0.39 is 0 Å². The van der Waals surface area contributed by atoms with Crippen LogP contribution in [0.2, 0.25) is 5.82 Å². The van der Waals surface area contributed by atoms with Crippen LogP contribution in [0.5, 0.6) is 0 Å². The van der Waals surface area contributed by atoms with E-state index in [0.717, 1.165) is 13.1 Å². The highest BCUT2D eigenvalue weighted by Crippen LogP contribution is 2.46. The largest absolute Gasteiger partial charge is 0.463 e. The Balaban J connectivity index is 2.15. The summed E-state index contributed by atoms with van der Waals surface area (Å²) in [6, 6.07) is 0. The van der Waals surface area contributed by atoms with Gasteiger partial charge in [0.2, 0.25) is 0 Å². The Morgan fingerprint density at radius 3 is 1.88 bits per heavy atom. The van der Waals surface area contributed by atoms with E-state index in [1.807, 2.05) is 0 Å². The van der Waals surface area contributed by atoms with Gasteiger partial charge >= 0.3 is 7.12 Å². The number of hydrogen-bond donors (Lipinski definition) is 1. The zero-order chi connectivity index (χ0) is 12.2. The third-order valence-corrected chi connectivity index (χ3v) is 4.55. The van der Waals surface area contributed by atoms with Crippen LogP contribution in [-0.4, -0.2) is 31.4 Å². The predicted octanol–water partition coefficient (Wildman–Crippen LogP) is 2.08. The minimum Gasteiger partial charge on any atom is -0.403 e. The molecule has 0 bridgehead atoms. The van der Waals surface area contributed by atoms with Gasteiger partial charge in [0, 0.05) is 12.4 Å². The molecule has 2 aliphatic rings. The summed E-state index contributed by atoms with van der Waals surface area (Å²) in [4.78, 5) is 0. The van der Waals surface area contributed by atoms with Gasteiger partial charge in [0.25, 0.3) is 0 Å². The fourth-order valence-corrected chi connectivity index (χ4v) is 2.47. The third-order valence-electron chi connectivity index (χ3n) is 4.55. The molecule has 16 heavy (non-hydrogen) atoms. The van der Waals surface area contributed by atoms with Gasteiger partial charge in [0.1, 0.15) is 0 Å². The predicted molar refractivity (Wildman–Crippen MR) is 66.5 cm³/mol. The number of rotatable bonds is 1. The van der Waals surface area contributed by atoms with Gasteiger partial charge in [-0.05, 0) is 39.7 Å². The lowest BCUT2D eigenvalue weighted by atomic mass is 9.60. The normalized spacial score (nSPS) is 35.6. The van der Waals surface area contributed by atoms with Crippen molar-refractivity contribution in [1.82, 2.24) is 5.32 Å². The first-order chi connectivity index (χ1) is 7.16. The second-order valence-electron chi connectivity index (χ2n) is 6.85. The van der Waals surface area contributed by atoms with Crippen molar-refractivity contribution in [3.05, 3.63) is 0 Å². The van der Waals surface area contributed by atoms with Gasteiger partial charge < -0.3 is 14.6 Å². The molecule has 4 heteroatoms. The molecule has 0 radical (unpaired) electrons. The maximum absolute atomic E-state index is 6.12. The summed E-state index contributed by atoms with van der Waals surface area (Å²) in [6.45, 7) is 15.0. The van der Waals surface area contributed by atoms with Crippen molar-refractivity contribution in [1.29, 1.82) is 0 Å². The molecule has 0 aromatic heterocycles. The van der Waals surface area contributed by atoms with E-state index in [9.17, 15) is 0 Å². The maximum Gasteiger partial charge on any atom is 0.463 e. The molecule has 2 heterocycles. The lowest BCUT2D eigenvalue weighted by Gasteiger charge is -2.32. The Labute approximate surface area is 99.4 Å². The summed E-state index contributed by atoms with van der Waals surface area (Å²) in [5.74, 6) is 0.438. The van der Waals surface area contributed by atoms with E-state index in [1.54, 1.807) is 0 Å². The SMILES string of the molecule is CC1(C)CNCC1B1OC(C)(C)C(C)(C)O1. The Kier molecular flexibility index (Phi) is 2.69. The van der Waals surface area contributed by atoms with Crippen LogP contribution in [0.1, 0.15) is 41.5 Å². The standard InChI is InChI=1S/C12H24BNO2/c1-10(2)8-14-7-9(10)13-15-11(3,4)12(5,6)16-13/h9,14H,7-8H2,1-6H3. The van der Waals surface area contributed by atoms with E-state index in [0.29, 0.717) is 5.82 Å². The van der Waals surface area contributed by atoms with E-state index >= 15 is 0 Å². The van der Waals surface area contributed by atoms with Crippen molar-refractivity contribution < 1.29 is 9.31 Å². The summed E-state index contributed by atoms with van der Waals surface area (Å²) in [7, 11) is -0.0741. The zero-order valence-corrected chi connectivity index (χ0v) is 11.4. The van der Waals surface area contributed by atoms with E-state index in [1.165, 1.54) is 0 Å². The van der Waals surface area contributed by atoms with Crippen molar-refractivity contribution >= 4 is 7.12 Å². The molecule has 0 spiro atoms. The summed E-state index contributed by atoms with van der Waals surface area (Å²) in [5, 5.41) is 3.43. The molecule has 0 aromatic carbocycles. The van der Waals surface area contributed by atoms with Crippen LogP contribution in [-0.2, 0) is 9.31 Å². The summed E-state index contributed by atoms with van der Waals surface area (Å²) in [6.07, 6.45) is 0. The minimum atomic E-state index is -0.212. The molecule has 0 aliphatic carbocycles. The van der Waals surface area contributed by atoms with E-state index in [-0.39, 0.29) is 23.7 Å². The second-order valence-corrected chi connectivity index (χ2v) is 6.85. The molecule has 92 valence electrons. The van der Waals surface area contributed by atoms with Crippen LogP contribution in [0.15, 0.2) is 0 Å². The quantitative estimate of drug-likeness (QED) is 0.693. The van der Waals surface area contributed by atoms with Gasteiger partial charge in [-0.1, -0.05) is 13.8 Å². The highest BCUT2D eigenvalue weighted by Gasteiger charge is 2.57. The van der Waals surface area contributed by atoms with Crippen molar-refractivity contribution in [3.8, 4) is 0 Å². The summed E-state index contributed by atoms with van der Waals surface area (Å²) in [5.41, 5.74) is -0.173. The van der Waals surface area contributed by atoms with E-state index in [2.05, 4.69) is 46.9 Å². The van der Waals surface area contributed by atoms with Gasteiger partial charge in [-0.15, -0.1) is 0 Å². The van der Waals surface area contributed by atoms with Gasteiger partial charge in [-0.25, -0.2) is 0 Å². The minimum absolute atomic E-state index is 0.0741. The van der Waals surface area contributed by atoms with E-state index in [4.69, 9.17) is 9.31 Å². The molecule has 2 saturated heterocycles. The maximum atomic E-state index is 6.12.